The minimum atomic E-state index is 0. The quantitative estimate of drug-likeness (QED) is 0.618. The second-order valence-corrected chi connectivity index (χ2v) is 2.59. The zero-order valence-electron chi connectivity index (χ0n) is 10.8. The van der Waals surface area contributed by atoms with Crippen molar-refractivity contribution in [1.29, 1.82) is 0 Å². The molecule has 0 spiro atoms. The topological polar surface area (TPSA) is 12.0 Å². The van der Waals surface area contributed by atoms with Gasteiger partial charge in [-0.25, -0.2) is 5.69 Å². The van der Waals surface area contributed by atoms with Crippen LogP contribution in [-0.4, -0.2) is 8.41 Å². The molecule has 1 N–H and O–H groups in total. The van der Waals surface area contributed by atoms with Crippen LogP contribution in [-0.2, 0) is 65.4 Å². The van der Waals surface area contributed by atoms with E-state index in [0.29, 0.717) is 0 Å². The van der Waals surface area contributed by atoms with Crippen LogP contribution in [0.1, 0.15) is 0 Å². The first-order valence-electron chi connectivity index (χ1n) is 4.07. The van der Waals surface area contributed by atoms with Crippen molar-refractivity contribution >= 4 is 19.8 Å². The average molecular weight is 385 g/mol. The van der Waals surface area contributed by atoms with E-state index in [1.54, 1.807) is 0 Å². The molecular formula is C14H14BNY2-2. The zero-order chi connectivity index (χ0) is 8.93. The van der Waals surface area contributed by atoms with Crippen LogP contribution in [0, 0.1) is 33.1 Å². The van der Waals surface area contributed by atoms with Crippen LogP contribution in [0.3, 0.4) is 0 Å². The first-order valence-corrected chi connectivity index (χ1v) is 4.07. The van der Waals surface area contributed by atoms with Crippen LogP contribution in [0.25, 0.3) is 0 Å². The molecule has 0 aliphatic rings. The van der Waals surface area contributed by atoms with Crippen LogP contribution >= 0.6 is 0 Å². The molecule has 0 aromatic heterocycles. The fourth-order valence-corrected chi connectivity index (χ4v) is 1.03. The van der Waals surface area contributed by atoms with Crippen LogP contribution in [0.15, 0.2) is 42.5 Å². The molecular weight excluding hydrogens is 371 g/mol. The van der Waals surface area contributed by atoms with Crippen LogP contribution in [0.2, 0.25) is 0 Å². The van der Waals surface area contributed by atoms with Gasteiger partial charge in [0.2, 0.25) is 0 Å². The van der Waals surface area contributed by atoms with Gasteiger partial charge in [0.15, 0.2) is 0 Å². The van der Waals surface area contributed by atoms with Crippen molar-refractivity contribution in [1.82, 2.24) is 0 Å². The van der Waals surface area contributed by atoms with Gasteiger partial charge in [-0.1, -0.05) is 5.69 Å². The maximum Gasteiger partial charge on any atom is 3.00 e. The number of anilines is 2. The van der Waals surface area contributed by atoms with E-state index >= 15 is 0 Å². The van der Waals surface area contributed by atoms with Gasteiger partial charge in [-0.3, -0.25) is 18.2 Å². The van der Waals surface area contributed by atoms with Crippen molar-refractivity contribution in [3.05, 3.63) is 75.5 Å². The van der Waals surface area contributed by atoms with Crippen molar-refractivity contribution in [2.45, 2.75) is 0 Å². The normalized spacial score (nSPS) is 6.89. The Kier molecular flexibility index (Phi) is 23.3. The summed E-state index contributed by atoms with van der Waals surface area (Å²) in [7, 11) is 0. The molecule has 0 aliphatic carbocycles. The zero-order valence-corrected chi connectivity index (χ0v) is 16.5. The SMILES string of the molecule is [B].[CH3-].[CH3-].[Y+3].[Y].[c-]1ccc[c-]c1Nc1[c-]cccc1. The number of para-hydroxylation sites is 2. The van der Waals surface area contributed by atoms with Crippen LogP contribution < -0.4 is 5.32 Å². The van der Waals surface area contributed by atoms with E-state index in [-0.39, 0.29) is 88.7 Å². The molecule has 0 saturated carbocycles. The monoisotopic (exact) mass is 385 g/mol. The Labute approximate surface area is 164 Å². The fraction of sp³-hybridized carbons (Fsp3) is 0. The van der Waals surface area contributed by atoms with Crippen molar-refractivity contribution in [3.63, 3.8) is 0 Å². The number of hydrogen-bond acceptors (Lipinski definition) is 1. The molecule has 0 saturated heterocycles. The van der Waals surface area contributed by atoms with Gasteiger partial charge in [0.25, 0.3) is 0 Å². The molecule has 0 unspecified atom stereocenters. The van der Waals surface area contributed by atoms with Crippen molar-refractivity contribution in [3.8, 4) is 0 Å². The van der Waals surface area contributed by atoms with Gasteiger partial charge >= 0.3 is 32.7 Å². The van der Waals surface area contributed by atoms with Gasteiger partial charge in [-0.05, 0) is 0 Å². The van der Waals surface area contributed by atoms with Crippen molar-refractivity contribution < 1.29 is 65.4 Å². The maximum atomic E-state index is 3.14. The summed E-state index contributed by atoms with van der Waals surface area (Å²) in [4.78, 5) is 0. The van der Waals surface area contributed by atoms with Crippen molar-refractivity contribution in [2.24, 2.45) is 0 Å². The second-order valence-electron chi connectivity index (χ2n) is 2.59. The summed E-state index contributed by atoms with van der Waals surface area (Å²) in [6.07, 6.45) is 0. The van der Waals surface area contributed by atoms with E-state index in [1.165, 1.54) is 0 Å². The standard InChI is InChI=1S/C12H8N.2CH3.B.2Y/c1-3-7-11(8-4-1)13-12-9-5-2-6-10-12;;;;;/h1-7,13H;2*1H3;;;/q-3;2*-1;;;+3. The molecule has 2 rings (SSSR count). The van der Waals surface area contributed by atoms with Gasteiger partial charge in [-0.15, -0.1) is 6.07 Å². The molecule has 2 aromatic rings. The molecule has 1 nitrogen and oxygen atoms in total. The predicted octanol–water partition coefficient (Wildman–Crippen LogP) is 3.35. The number of hydrogen-bond donors (Lipinski definition) is 1. The molecule has 4 heteroatoms. The minimum Gasteiger partial charge on any atom is -0.424 e. The average Bonchev–Trinajstić information content (AvgIpc) is 2.21. The molecule has 0 aliphatic heterocycles. The van der Waals surface area contributed by atoms with Crippen molar-refractivity contribution in [2.75, 3.05) is 5.32 Å². The Morgan fingerprint density at radius 1 is 0.833 bits per heavy atom. The smallest absolute Gasteiger partial charge is 0.424 e. The van der Waals surface area contributed by atoms with Crippen LogP contribution in [0.5, 0.6) is 0 Å². The summed E-state index contributed by atoms with van der Waals surface area (Å²) in [6, 6.07) is 22.4. The third-order valence-corrected chi connectivity index (χ3v) is 1.62. The van der Waals surface area contributed by atoms with Gasteiger partial charge < -0.3 is 32.3 Å². The summed E-state index contributed by atoms with van der Waals surface area (Å²) < 4.78 is 0. The molecule has 86 valence electrons. The molecule has 2 aromatic carbocycles. The first-order chi connectivity index (χ1) is 6.45. The Hall–Kier alpha value is 0.513. The number of nitrogens with one attached hydrogen (secondary N) is 1. The Balaban J connectivity index is -0.000000196. The summed E-state index contributed by atoms with van der Waals surface area (Å²) in [5.74, 6) is 0. The second kappa shape index (κ2) is 15.6. The third-order valence-electron chi connectivity index (χ3n) is 1.62. The number of rotatable bonds is 2. The van der Waals surface area contributed by atoms with E-state index in [9.17, 15) is 0 Å². The van der Waals surface area contributed by atoms with E-state index in [2.05, 4.69) is 23.5 Å². The summed E-state index contributed by atoms with van der Waals surface area (Å²) in [6.45, 7) is 0. The van der Waals surface area contributed by atoms with E-state index < -0.39 is 0 Å². The number of benzene rings is 2. The summed E-state index contributed by atoms with van der Waals surface area (Å²) in [5, 5.41) is 3.14. The summed E-state index contributed by atoms with van der Waals surface area (Å²) >= 11 is 0. The third kappa shape index (κ3) is 9.44. The Morgan fingerprint density at radius 2 is 1.39 bits per heavy atom. The van der Waals surface area contributed by atoms with Crippen LogP contribution in [0.4, 0.5) is 11.4 Å². The van der Waals surface area contributed by atoms with Gasteiger partial charge in [0.05, 0.1) is 0 Å². The Morgan fingerprint density at radius 3 is 1.89 bits per heavy atom. The van der Waals surface area contributed by atoms with E-state index in [0.717, 1.165) is 11.4 Å². The molecule has 0 heterocycles. The molecule has 0 bridgehead atoms. The predicted molar refractivity (Wildman–Crippen MR) is 71.3 cm³/mol. The molecule has 0 fully saturated rings. The fourth-order valence-electron chi connectivity index (χ4n) is 1.03. The van der Waals surface area contributed by atoms with E-state index in [4.69, 9.17) is 0 Å². The maximum absolute atomic E-state index is 3.14. The molecule has 0 atom stereocenters. The minimum absolute atomic E-state index is 0. The van der Waals surface area contributed by atoms with Gasteiger partial charge in [-0.2, -0.15) is 24.3 Å². The largest absolute Gasteiger partial charge is 3.00 e. The van der Waals surface area contributed by atoms with E-state index in [1.807, 2.05) is 42.5 Å². The molecule has 4 radical (unpaired) electrons. The molecule has 0 amide bonds. The summed E-state index contributed by atoms with van der Waals surface area (Å²) in [5.41, 5.74) is 1.77. The first kappa shape index (κ1) is 27.0. The molecule has 18 heavy (non-hydrogen) atoms. The van der Waals surface area contributed by atoms with Gasteiger partial charge in [0, 0.05) is 41.1 Å². The Bertz CT molecular complexity index is 331. The van der Waals surface area contributed by atoms with Gasteiger partial charge in [0.1, 0.15) is 0 Å².